The molecule has 0 fully saturated rings. The fraction of sp³-hybridized carbons (Fsp3) is 0.176. The lowest BCUT2D eigenvalue weighted by atomic mass is 10.2. The average Bonchev–Trinajstić information content (AvgIpc) is 3.08. The van der Waals surface area contributed by atoms with Gasteiger partial charge >= 0.3 is 0 Å². The lowest BCUT2D eigenvalue weighted by Crippen LogP contribution is -2.28. The first-order chi connectivity index (χ1) is 12.6. The molecule has 9 heteroatoms. The number of methoxy groups -OCH3 is 1. The number of rotatable bonds is 7. The van der Waals surface area contributed by atoms with E-state index in [1.54, 1.807) is 31.4 Å². The van der Waals surface area contributed by atoms with E-state index in [2.05, 4.69) is 15.5 Å². The van der Waals surface area contributed by atoms with Crippen molar-refractivity contribution in [1.82, 2.24) is 15.5 Å². The van der Waals surface area contributed by atoms with Crippen LogP contribution in [-0.2, 0) is 0 Å². The molecule has 1 heterocycles. The van der Waals surface area contributed by atoms with Crippen molar-refractivity contribution in [1.29, 1.82) is 0 Å². The van der Waals surface area contributed by atoms with Crippen molar-refractivity contribution in [3.8, 4) is 11.5 Å². The molecule has 0 saturated carbocycles. The van der Waals surface area contributed by atoms with Crippen LogP contribution in [0.25, 0.3) is 10.9 Å². The predicted molar refractivity (Wildman–Crippen MR) is 93.6 cm³/mol. The molecule has 0 bridgehead atoms. The highest BCUT2D eigenvalue weighted by Crippen LogP contribution is 2.22. The standard InChI is InChI=1S/C17H16N4O5/c1-25-12-3-5-13(6-4-12)26-9-8-18-17(22)16-14-10-11(21(23)24)2-7-15(14)19-20-16/h2-7,10H,8-9H2,1H3,(H,18,22)(H,19,20). The van der Waals surface area contributed by atoms with Gasteiger partial charge in [0.1, 0.15) is 18.1 Å². The number of fused-ring (bicyclic) bond motifs is 1. The number of H-pyrrole nitrogens is 1. The minimum atomic E-state index is -0.517. The lowest BCUT2D eigenvalue weighted by molar-refractivity contribution is -0.384. The van der Waals surface area contributed by atoms with E-state index in [0.29, 0.717) is 16.7 Å². The van der Waals surface area contributed by atoms with Crippen LogP contribution in [0.15, 0.2) is 42.5 Å². The first kappa shape index (κ1) is 17.2. The molecule has 0 atom stereocenters. The molecule has 9 nitrogen and oxygen atoms in total. The Hall–Kier alpha value is -3.62. The molecule has 1 aromatic heterocycles. The van der Waals surface area contributed by atoms with Gasteiger partial charge in [-0.3, -0.25) is 20.0 Å². The molecule has 0 radical (unpaired) electrons. The summed E-state index contributed by atoms with van der Waals surface area (Å²) in [6.07, 6.45) is 0. The summed E-state index contributed by atoms with van der Waals surface area (Å²) in [7, 11) is 1.58. The first-order valence-electron chi connectivity index (χ1n) is 7.76. The Labute approximate surface area is 148 Å². The molecular weight excluding hydrogens is 340 g/mol. The second kappa shape index (κ2) is 7.51. The number of carbonyl (C=O) groups excluding carboxylic acids is 1. The fourth-order valence-electron chi connectivity index (χ4n) is 2.38. The lowest BCUT2D eigenvalue weighted by Gasteiger charge is -2.07. The van der Waals surface area contributed by atoms with E-state index in [4.69, 9.17) is 9.47 Å². The van der Waals surface area contributed by atoms with Gasteiger partial charge in [0.2, 0.25) is 0 Å². The first-order valence-corrected chi connectivity index (χ1v) is 7.76. The second-order valence-electron chi connectivity index (χ2n) is 5.34. The highest BCUT2D eigenvalue weighted by atomic mass is 16.6. The summed E-state index contributed by atoms with van der Waals surface area (Å²) < 4.78 is 10.6. The van der Waals surface area contributed by atoms with Gasteiger partial charge in [0, 0.05) is 17.5 Å². The summed E-state index contributed by atoms with van der Waals surface area (Å²) in [5.41, 5.74) is 0.555. The highest BCUT2D eigenvalue weighted by Gasteiger charge is 2.16. The number of carbonyl (C=O) groups is 1. The fourth-order valence-corrected chi connectivity index (χ4v) is 2.38. The molecule has 0 unspecified atom stereocenters. The number of ether oxygens (including phenoxy) is 2. The zero-order chi connectivity index (χ0) is 18.5. The molecule has 2 N–H and O–H groups in total. The van der Waals surface area contributed by atoms with Gasteiger partial charge in [-0.1, -0.05) is 0 Å². The van der Waals surface area contributed by atoms with E-state index in [-0.39, 0.29) is 24.5 Å². The predicted octanol–water partition coefficient (Wildman–Crippen LogP) is 2.29. The van der Waals surface area contributed by atoms with Crippen LogP contribution in [0.3, 0.4) is 0 Å². The number of nitro benzene ring substituents is 1. The zero-order valence-electron chi connectivity index (χ0n) is 13.9. The smallest absolute Gasteiger partial charge is 0.272 e. The molecule has 26 heavy (non-hydrogen) atoms. The number of nitrogens with zero attached hydrogens (tertiary/aromatic N) is 2. The SMILES string of the molecule is COc1ccc(OCCNC(=O)c2n[nH]c3ccc([N+](=O)[O-])cc23)cc1. The number of non-ortho nitro benzene ring substituents is 1. The number of hydrogen-bond donors (Lipinski definition) is 2. The van der Waals surface area contributed by atoms with E-state index >= 15 is 0 Å². The van der Waals surface area contributed by atoms with Gasteiger partial charge in [-0.25, -0.2) is 0 Å². The van der Waals surface area contributed by atoms with Crippen molar-refractivity contribution in [2.24, 2.45) is 0 Å². The topological polar surface area (TPSA) is 119 Å². The van der Waals surface area contributed by atoms with Crippen LogP contribution >= 0.6 is 0 Å². The third-order valence-electron chi connectivity index (χ3n) is 3.69. The number of hydrogen-bond acceptors (Lipinski definition) is 6. The van der Waals surface area contributed by atoms with Crippen LogP contribution in [0.1, 0.15) is 10.5 Å². The van der Waals surface area contributed by atoms with E-state index in [0.717, 1.165) is 5.75 Å². The summed E-state index contributed by atoms with van der Waals surface area (Å²) in [5.74, 6) is 0.945. The molecule has 0 saturated heterocycles. The van der Waals surface area contributed by atoms with Gasteiger partial charge in [-0.05, 0) is 30.3 Å². The molecule has 3 rings (SSSR count). The maximum Gasteiger partial charge on any atom is 0.272 e. The van der Waals surface area contributed by atoms with Crippen molar-refractivity contribution < 1.29 is 19.2 Å². The van der Waals surface area contributed by atoms with E-state index in [1.165, 1.54) is 18.2 Å². The molecule has 134 valence electrons. The van der Waals surface area contributed by atoms with Crippen molar-refractivity contribution in [3.05, 3.63) is 58.3 Å². The summed E-state index contributed by atoms with van der Waals surface area (Å²) in [5, 5.41) is 20.6. The van der Waals surface area contributed by atoms with Crippen molar-refractivity contribution >= 4 is 22.5 Å². The number of amides is 1. The minimum absolute atomic E-state index is 0.101. The normalized spacial score (nSPS) is 10.5. The van der Waals surface area contributed by atoms with Crippen molar-refractivity contribution in [3.63, 3.8) is 0 Å². The third kappa shape index (κ3) is 3.72. The van der Waals surface area contributed by atoms with Crippen LogP contribution in [0.4, 0.5) is 5.69 Å². The van der Waals surface area contributed by atoms with Crippen molar-refractivity contribution in [2.75, 3.05) is 20.3 Å². The van der Waals surface area contributed by atoms with Crippen LogP contribution in [0.2, 0.25) is 0 Å². The molecule has 2 aromatic carbocycles. The Kier molecular flexibility index (Phi) is 4.97. The van der Waals surface area contributed by atoms with E-state index in [1.807, 2.05) is 0 Å². The maximum absolute atomic E-state index is 12.3. The third-order valence-corrected chi connectivity index (χ3v) is 3.69. The quantitative estimate of drug-likeness (QED) is 0.381. The molecular formula is C17H16N4O5. The van der Waals surface area contributed by atoms with Gasteiger partial charge in [0.05, 0.1) is 24.1 Å². The van der Waals surface area contributed by atoms with Crippen LogP contribution in [0.5, 0.6) is 11.5 Å². The minimum Gasteiger partial charge on any atom is -0.497 e. The summed E-state index contributed by atoms with van der Waals surface area (Å²) >= 11 is 0. The summed E-state index contributed by atoms with van der Waals surface area (Å²) in [6, 6.07) is 11.3. The number of nitrogens with one attached hydrogen (secondary N) is 2. The van der Waals surface area contributed by atoms with Crippen LogP contribution in [0, 0.1) is 10.1 Å². The van der Waals surface area contributed by atoms with Crippen LogP contribution < -0.4 is 14.8 Å². The number of benzene rings is 2. The largest absolute Gasteiger partial charge is 0.497 e. The van der Waals surface area contributed by atoms with Gasteiger partial charge in [-0.15, -0.1) is 0 Å². The number of aromatic nitrogens is 2. The monoisotopic (exact) mass is 356 g/mol. The van der Waals surface area contributed by atoms with Gasteiger partial charge in [-0.2, -0.15) is 5.10 Å². The molecule has 0 aliphatic carbocycles. The summed E-state index contributed by atoms with van der Waals surface area (Å²) in [6.45, 7) is 0.523. The molecule has 1 amide bonds. The van der Waals surface area contributed by atoms with Crippen molar-refractivity contribution in [2.45, 2.75) is 0 Å². The Bertz CT molecular complexity index is 936. The number of aromatic amines is 1. The molecule has 0 spiro atoms. The Morgan fingerprint density at radius 1 is 1.23 bits per heavy atom. The number of nitro groups is 1. The zero-order valence-corrected chi connectivity index (χ0v) is 13.9. The van der Waals surface area contributed by atoms with E-state index < -0.39 is 10.8 Å². The highest BCUT2D eigenvalue weighted by molar-refractivity contribution is 6.05. The maximum atomic E-state index is 12.3. The van der Waals surface area contributed by atoms with Gasteiger partial charge in [0.15, 0.2) is 5.69 Å². The summed E-state index contributed by atoms with van der Waals surface area (Å²) in [4.78, 5) is 22.6. The molecule has 0 aliphatic heterocycles. The van der Waals surface area contributed by atoms with E-state index in [9.17, 15) is 14.9 Å². The second-order valence-corrected chi connectivity index (χ2v) is 5.34. The molecule has 3 aromatic rings. The average molecular weight is 356 g/mol. The van der Waals surface area contributed by atoms with Gasteiger partial charge in [0.25, 0.3) is 11.6 Å². The molecule has 0 aliphatic rings. The Morgan fingerprint density at radius 2 is 1.96 bits per heavy atom. The van der Waals surface area contributed by atoms with Gasteiger partial charge < -0.3 is 14.8 Å². The van der Waals surface area contributed by atoms with Crippen LogP contribution in [-0.4, -0.2) is 41.3 Å². The Morgan fingerprint density at radius 3 is 2.65 bits per heavy atom. The Balaban J connectivity index is 1.58.